The van der Waals surface area contributed by atoms with E-state index in [1.54, 1.807) is 0 Å². The molecule has 1 N–H and O–H groups in total. The first-order valence-electron chi connectivity index (χ1n) is 5.77. The highest BCUT2D eigenvalue weighted by Gasteiger charge is 2.20. The minimum atomic E-state index is 0.586. The Morgan fingerprint density at radius 1 is 1.08 bits per heavy atom. The molecule has 0 aliphatic heterocycles. The Labute approximate surface area is 81.0 Å². The highest BCUT2D eigenvalue weighted by atomic mass is 16.5. The van der Waals surface area contributed by atoms with Crippen molar-refractivity contribution in [2.24, 2.45) is 5.92 Å². The summed E-state index contributed by atoms with van der Waals surface area (Å²) in [6, 6.07) is 0. The zero-order chi connectivity index (χ0) is 8.93. The van der Waals surface area contributed by atoms with Gasteiger partial charge in [0.2, 0.25) is 0 Å². The van der Waals surface area contributed by atoms with Crippen molar-refractivity contribution < 1.29 is 4.74 Å². The van der Waals surface area contributed by atoms with Gasteiger partial charge in [-0.3, -0.25) is 0 Å². The molecule has 13 heavy (non-hydrogen) atoms. The second-order valence-electron chi connectivity index (χ2n) is 4.42. The summed E-state index contributed by atoms with van der Waals surface area (Å²) in [4.78, 5) is 0. The van der Waals surface area contributed by atoms with Crippen LogP contribution in [0.25, 0.3) is 0 Å². The van der Waals surface area contributed by atoms with E-state index in [0.29, 0.717) is 6.10 Å². The first kappa shape index (κ1) is 9.47. The van der Waals surface area contributed by atoms with Crippen LogP contribution in [0.5, 0.6) is 0 Å². The third-order valence-corrected chi connectivity index (χ3v) is 3.06. The molecule has 0 aromatic heterocycles. The zero-order valence-corrected chi connectivity index (χ0v) is 8.43. The lowest BCUT2D eigenvalue weighted by atomic mass is 10.3. The first-order valence-corrected chi connectivity index (χ1v) is 5.77. The SMILES string of the molecule is C1CCC(OCCNCC2CC2)C1. The molecule has 2 aliphatic rings. The molecule has 0 radical (unpaired) electrons. The predicted octanol–water partition coefficient (Wildman–Crippen LogP) is 1.95. The smallest absolute Gasteiger partial charge is 0.0594 e. The minimum absolute atomic E-state index is 0.586. The zero-order valence-electron chi connectivity index (χ0n) is 8.43. The van der Waals surface area contributed by atoms with E-state index in [1.165, 1.54) is 45.1 Å². The topological polar surface area (TPSA) is 21.3 Å². The molecule has 2 aliphatic carbocycles. The van der Waals surface area contributed by atoms with Crippen molar-refractivity contribution in [3.63, 3.8) is 0 Å². The number of ether oxygens (including phenoxy) is 1. The van der Waals surface area contributed by atoms with Gasteiger partial charge < -0.3 is 10.1 Å². The maximum atomic E-state index is 5.74. The molecule has 0 bridgehead atoms. The molecule has 0 aromatic carbocycles. The van der Waals surface area contributed by atoms with Crippen LogP contribution in [0.15, 0.2) is 0 Å². The van der Waals surface area contributed by atoms with Gasteiger partial charge in [-0.2, -0.15) is 0 Å². The molecule has 2 fully saturated rings. The second kappa shape index (κ2) is 4.97. The van der Waals surface area contributed by atoms with Crippen molar-refractivity contribution in [1.29, 1.82) is 0 Å². The average molecular weight is 183 g/mol. The van der Waals surface area contributed by atoms with E-state index in [2.05, 4.69) is 5.32 Å². The lowest BCUT2D eigenvalue weighted by Crippen LogP contribution is -2.23. The molecular weight excluding hydrogens is 162 g/mol. The Hall–Kier alpha value is -0.0800. The van der Waals surface area contributed by atoms with Crippen LogP contribution in [0.3, 0.4) is 0 Å². The van der Waals surface area contributed by atoms with Crippen molar-refractivity contribution >= 4 is 0 Å². The molecular formula is C11H21NO. The van der Waals surface area contributed by atoms with Gasteiger partial charge in [-0.15, -0.1) is 0 Å². The molecule has 76 valence electrons. The maximum absolute atomic E-state index is 5.74. The van der Waals surface area contributed by atoms with Gasteiger partial charge >= 0.3 is 0 Å². The molecule has 0 aromatic rings. The highest BCUT2D eigenvalue weighted by molar-refractivity contribution is 4.75. The molecule has 2 heteroatoms. The number of rotatable bonds is 6. The first-order chi connectivity index (χ1) is 6.45. The number of nitrogens with one attached hydrogen (secondary N) is 1. The number of hydrogen-bond acceptors (Lipinski definition) is 2. The van der Waals surface area contributed by atoms with Gasteiger partial charge in [-0.25, -0.2) is 0 Å². The van der Waals surface area contributed by atoms with E-state index in [1.807, 2.05) is 0 Å². The van der Waals surface area contributed by atoms with Gasteiger partial charge in [0.15, 0.2) is 0 Å². The monoisotopic (exact) mass is 183 g/mol. The molecule has 0 heterocycles. The summed E-state index contributed by atoms with van der Waals surface area (Å²) in [5.41, 5.74) is 0. The number of hydrogen-bond donors (Lipinski definition) is 1. The van der Waals surface area contributed by atoms with Crippen LogP contribution in [-0.4, -0.2) is 25.8 Å². The lowest BCUT2D eigenvalue weighted by Gasteiger charge is -2.11. The molecule has 0 atom stereocenters. The van der Waals surface area contributed by atoms with Crippen molar-refractivity contribution in [2.75, 3.05) is 19.7 Å². The molecule has 2 nitrogen and oxygen atoms in total. The Morgan fingerprint density at radius 2 is 1.85 bits per heavy atom. The maximum Gasteiger partial charge on any atom is 0.0594 e. The molecule has 2 rings (SSSR count). The van der Waals surface area contributed by atoms with Crippen molar-refractivity contribution in [1.82, 2.24) is 5.32 Å². The van der Waals surface area contributed by atoms with E-state index < -0.39 is 0 Å². The third-order valence-electron chi connectivity index (χ3n) is 3.06. The average Bonchev–Trinajstić information content (AvgIpc) is 2.81. The van der Waals surface area contributed by atoms with Crippen molar-refractivity contribution in [3.05, 3.63) is 0 Å². The fourth-order valence-corrected chi connectivity index (χ4v) is 1.98. The van der Waals surface area contributed by atoms with E-state index in [-0.39, 0.29) is 0 Å². The van der Waals surface area contributed by atoms with Crippen molar-refractivity contribution in [2.45, 2.75) is 44.6 Å². The highest BCUT2D eigenvalue weighted by Crippen LogP contribution is 2.27. The van der Waals surface area contributed by atoms with Gasteiger partial charge in [0.1, 0.15) is 0 Å². The van der Waals surface area contributed by atoms with Crippen LogP contribution in [0.1, 0.15) is 38.5 Å². The third kappa shape index (κ3) is 3.65. The molecule has 0 amide bonds. The van der Waals surface area contributed by atoms with Gasteiger partial charge in [0.25, 0.3) is 0 Å². The fourth-order valence-electron chi connectivity index (χ4n) is 1.98. The quantitative estimate of drug-likeness (QED) is 0.635. The van der Waals surface area contributed by atoms with Crippen molar-refractivity contribution in [3.8, 4) is 0 Å². The van der Waals surface area contributed by atoms with Crippen LogP contribution < -0.4 is 5.32 Å². The van der Waals surface area contributed by atoms with Gasteiger partial charge in [-0.1, -0.05) is 12.8 Å². The Bertz CT molecular complexity index is 139. The summed E-state index contributed by atoms with van der Waals surface area (Å²) >= 11 is 0. The lowest BCUT2D eigenvalue weighted by molar-refractivity contribution is 0.0603. The van der Waals surface area contributed by atoms with E-state index in [9.17, 15) is 0 Å². The minimum Gasteiger partial charge on any atom is -0.377 e. The summed E-state index contributed by atoms with van der Waals surface area (Å²) in [5.74, 6) is 0.992. The summed E-state index contributed by atoms with van der Waals surface area (Å²) in [5, 5.41) is 3.45. The molecule has 2 saturated carbocycles. The summed E-state index contributed by atoms with van der Waals surface area (Å²) in [6.45, 7) is 3.18. The van der Waals surface area contributed by atoms with Crippen LogP contribution >= 0.6 is 0 Å². The molecule has 0 unspecified atom stereocenters. The Morgan fingerprint density at radius 3 is 2.54 bits per heavy atom. The van der Waals surface area contributed by atoms with Crippen LogP contribution in [0.4, 0.5) is 0 Å². The van der Waals surface area contributed by atoms with Crippen LogP contribution in [0, 0.1) is 5.92 Å². The molecule has 0 spiro atoms. The van der Waals surface area contributed by atoms with Crippen LogP contribution in [-0.2, 0) is 4.74 Å². The van der Waals surface area contributed by atoms with E-state index in [4.69, 9.17) is 4.74 Å². The van der Waals surface area contributed by atoms with Gasteiger partial charge in [-0.05, 0) is 38.1 Å². The normalized spacial score (nSPS) is 24.0. The Balaban J connectivity index is 1.39. The largest absolute Gasteiger partial charge is 0.377 e. The summed E-state index contributed by atoms with van der Waals surface area (Å²) in [6.07, 6.45) is 8.81. The van der Waals surface area contributed by atoms with E-state index >= 15 is 0 Å². The van der Waals surface area contributed by atoms with E-state index in [0.717, 1.165) is 19.1 Å². The van der Waals surface area contributed by atoms with Gasteiger partial charge in [0.05, 0.1) is 12.7 Å². The molecule has 0 saturated heterocycles. The second-order valence-corrected chi connectivity index (χ2v) is 4.42. The summed E-state index contributed by atoms with van der Waals surface area (Å²) in [7, 11) is 0. The predicted molar refractivity (Wildman–Crippen MR) is 53.8 cm³/mol. The Kier molecular flexibility index (Phi) is 3.62. The van der Waals surface area contributed by atoms with Crippen LogP contribution in [0.2, 0.25) is 0 Å². The fraction of sp³-hybridized carbons (Fsp3) is 1.00. The standard InChI is InChI=1S/C11H21NO/c1-2-4-11(3-1)13-8-7-12-9-10-5-6-10/h10-12H,1-9H2. The summed E-state index contributed by atoms with van der Waals surface area (Å²) < 4.78 is 5.74. The van der Waals surface area contributed by atoms with Gasteiger partial charge in [0, 0.05) is 6.54 Å².